The second-order valence-electron chi connectivity index (χ2n) is 5.91. The molecule has 0 bridgehead atoms. The van der Waals surface area contributed by atoms with Gasteiger partial charge in [-0.25, -0.2) is 9.78 Å². The number of para-hydroxylation sites is 1. The summed E-state index contributed by atoms with van der Waals surface area (Å²) in [5, 5.41) is 0. The Kier molecular flexibility index (Phi) is 3.93. The van der Waals surface area contributed by atoms with Crippen molar-refractivity contribution in [3.8, 4) is 0 Å². The van der Waals surface area contributed by atoms with Crippen LogP contribution in [-0.4, -0.2) is 34.9 Å². The molecule has 3 aromatic rings. The molecule has 1 aliphatic heterocycles. The highest BCUT2D eigenvalue weighted by molar-refractivity contribution is 6.01. The van der Waals surface area contributed by atoms with Gasteiger partial charge in [-0.15, -0.1) is 0 Å². The molecule has 4 rings (SSSR count). The third-order valence-corrected chi connectivity index (χ3v) is 4.39. The fraction of sp³-hybridized carbons (Fsp3) is 0.211. The SMILES string of the molecule is O=C(OCC(=O)N1CCc2ccccc2C1)c1cccc2ocnc12. The Balaban J connectivity index is 1.41. The third kappa shape index (κ3) is 2.98. The van der Waals surface area contributed by atoms with Gasteiger partial charge in [0.15, 0.2) is 18.6 Å². The van der Waals surface area contributed by atoms with E-state index in [1.807, 2.05) is 18.2 Å². The van der Waals surface area contributed by atoms with Crippen molar-refractivity contribution in [2.45, 2.75) is 13.0 Å². The van der Waals surface area contributed by atoms with Gasteiger partial charge in [-0.05, 0) is 29.7 Å². The molecule has 25 heavy (non-hydrogen) atoms. The molecule has 1 aliphatic rings. The van der Waals surface area contributed by atoms with Crippen molar-refractivity contribution in [1.82, 2.24) is 9.88 Å². The largest absolute Gasteiger partial charge is 0.452 e. The summed E-state index contributed by atoms with van der Waals surface area (Å²) < 4.78 is 10.4. The summed E-state index contributed by atoms with van der Waals surface area (Å²) in [5.74, 6) is -0.777. The summed E-state index contributed by atoms with van der Waals surface area (Å²) in [6.07, 6.45) is 2.09. The number of ether oxygens (including phenoxy) is 1. The van der Waals surface area contributed by atoms with Gasteiger partial charge in [-0.3, -0.25) is 4.79 Å². The van der Waals surface area contributed by atoms with Crippen LogP contribution in [0.4, 0.5) is 0 Å². The van der Waals surface area contributed by atoms with Gasteiger partial charge in [0.25, 0.3) is 5.91 Å². The quantitative estimate of drug-likeness (QED) is 0.687. The highest BCUT2D eigenvalue weighted by Gasteiger charge is 2.22. The van der Waals surface area contributed by atoms with Crippen molar-refractivity contribution in [1.29, 1.82) is 0 Å². The van der Waals surface area contributed by atoms with Gasteiger partial charge in [-0.1, -0.05) is 30.3 Å². The fourth-order valence-corrected chi connectivity index (χ4v) is 3.06. The predicted molar refractivity (Wildman–Crippen MR) is 89.9 cm³/mol. The van der Waals surface area contributed by atoms with Crippen LogP contribution in [0.25, 0.3) is 11.1 Å². The smallest absolute Gasteiger partial charge is 0.340 e. The Bertz CT molecular complexity index is 947. The first-order valence-electron chi connectivity index (χ1n) is 8.06. The molecule has 126 valence electrons. The number of fused-ring (bicyclic) bond motifs is 2. The highest BCUT2D eigenvalue weighted by atomic mass is 16.5. The van der Waals surface area contributed by atoms with Crippen LogP contribution in [0, 0.1) is 0 Å². The Morgan fingerprint density at radius 2 is 1.96 bits per heavy atom. The Labute approximate surface area is 144 Å². The number of benzene rings is 2. The van der Waals surface area contributed by atoms with Crippen LogP contribution in [-0.2, 0) is 22.5 Å². The maximum atomic E-state index is 12.4. The summed E-state index contributed by atoms with van der Waals surface area (Å²) >= 11 is 0. The lowest BCUT2D eigenvalue weighted by Crippen LogP contribution is -2.38. The van der Waals surface area contributed by atoms with E-state index in [2.05, 4.69) is 11.1 Å². The topological polar surface area (TPSA) is 72.6 Å². The minimum atomic E-state index is -0.578. The third-order valence-electron chi connectivity index (χ3n) is 4.39. The summed E-state index contributed by atoms with van der Waals surface area (Å²) in [7, 11) is 0. The number of carbonyl (C=O) groups excluding carboxylic acids is 2. The zero-order chi connectivity index (χ0) is 17.2. The van der Waals surface area contributed by atoms with E-state index in [9.17, 15) is 9.59 Å². The van der Waals surface area contributed by atoms with Gasteiger partial charge in [0, 0.05) is 13.1 Å². The molecule has 0 fully saturated rings. The Morgan fingerprint density at radius 3 is 2.84 bits per heavy atom. The van der Waals surface area contributed by atoms with Crippen molar-refractivity contribution >= 4 is 23.0 Å². The number of rotatable bonds is 3. The van der Waals surface area contributed by atoms with E-state index >= 15 is 0 Å². The lowest BCUT2D eigenvalue weighted by molar-refractivity contribution is -0.135. The maximum Gasteiger partial charge on any atom is 0.340 e. The van der Waals surface area contributed by atoms with Crippen molar-refractivity contribution in [3.63, 3.8) is 0 Å². The molecule has 0 saturated heterocycles. The van der Waals surface area contributed by atoms with Crippen LogP contribution in [0.15, 0.2) is 53.3 Å². The summed E-state index contributed by atoms with van der Waals surface area (Å²) in [6, 6.07) is 13.1. The van der Waals surface area contributed by atoms with Gasteiger partial charge in [0.05, 0.1) is 5.56 Å². The van der Waals surface area contributed by atoms with Crippen LogP contribution in [0.1, 0.15) is 21.5 Å². The first-order chi connectivity index (χ1) is 12.2. The number of hydrogen-bond donors (Lipinski definition) is 0. The first-order valence-corrected chi connectivity index (χ1v) is 8.06. The minimum absolute atomic E-state index is 0.199. The van der Waals surface area contributed by atoms with Crippen molar-refractivity contribution < 1.29 is 18.7 Å². The van der Waals surface area contributed by atoms with Crippen LogP contribution in [0.2, 0.25) is 0 Å². The zero-order valence-electron chi connectivity index (χ0n) is 13.5. The predicted octanol–water partition coefficient (Wildman–Crippen LogP) is 2.57. The molecular weight excluding hydrogens is 320 g/mol. The maximum absolute atomic E-state index is 12.4. The number of aromatic nitrogens is 1. The molecule has 0 spiro atoms. The molecule has 2 aromatic carbocycles. The molecule has 0 saturated carbocycles. The summed E-state index contributed by atoms with van der Waals surface area (Å²) in [4.78, 5) is 30.4. The van der Waals surface area contributed by atoms with Crippen LogP contribution < -0.4 is 0 Å². The van der Waals surface area contributed by atoms with E-state index in [-0.39, 0.29) is 12.5 Å². The van der Waals surface area contributed by atoms with Crippen molar-refractivity contribution in [2.24, 2.45) is 0 Å². The van der Waals surface area contributed by atoms with Crippen LogP contribution in [0.5, 0.6) is 0 Å². The fourth-order valence-electron chi connectivity index (χ4n) is 3.06. The molecule has 0 atom stereocenters. The number of esters is 1. The highest BCUT2D eigenvalue weighted by Crippen LogP contribution is 2.20. The Morgan fingerprint density at radius 1 is 1.12 bits per heavy atom. The van der Waals surface area contributed by atoms with Crippen LogP contribution >= 0.6 is 0 Å². The second-order valence-corrected chi connectivity index (χ2v) is 5.91. The van der Waals surface area contributed by atoms with E-state index < -0.39 is 5.97 Å². The Hall–Kier alpha value is -3.15. The molecule has 1 amide bonds. The van der Waals surface area contributed by atoms with E-state index in [1.165, 1.54) is 12.0 Å². The van der Waals surface area contributed by atoms with E-state index in [1.54, 1.807) is 23.1 Å². The normalized spacial score (nSPS) is 13.5. The van der Waals surface area contributed by atoms with Crippen molar-refractivity contribution in [2.75, 3.05) is 13.2 Å². The monoisotopic (exact) mass is 336 g/mol. The van der Waals surface area contributed by atoms with Gasteiger partial charge < -0.3 is 14.1 Å². The van der Waals surface area contributed by atoms with Gasteiger partial charge in [0.1, 0.15) is 5.52 Å². The van der Waals surface area contributed by atoms with E-state index in [0.29, 0.717) is 29.8 Å². The van der Waals surface area contributed by atoms with Gasteiger partial charge >= 0.3 is 5.97 Å². The number of amides is 1. The zero-order valence-corrected chi connectivity index (χ0v) is 13.5. The minimum Gasteiger partial charge on any atom is -0.452 e. The summed E-state index contributed by atoms with van der Waals surface area (Å²) in [5.41, 5.74) is 3.64. The molecular formula is C19H16N2O4. The molecule has 2 heterocycles. The molecule has 0 unspecified atom stereocenters. The lowest BCUT2D eigenvalue weighted by atomic mass is 10.00. The number of nitrogens with zero attached hydrogens (tertiary/aromatic N) is 2. The number of oxazole rings is 1. The van der Waals surface area contributed by atoms with Gasteiger partial charge in [0.2, 0.25) is 0 Å². The van der Waals surface area contributed by atoms with E-state index in [0.717, 1.165) is 12.0 Å². The average molecular weight is 336 g/mol. The second kappa shape index (κ2) is 6.39. The molecule has 0 aliphatic carbocycles. The first kappa shape index (κ1) is 15.4. The average Bonchev–Trinajstić information content (AvgIpc) is 3.14. The van der Waals surface area contributed by atoms with Gasteiger partial charge in [-0.2, -0.15) is 0 Å². The van der Waals surface area contributed by atoms with Crippen LogP contribution in [0.3, 0.4) is 0 Å². The molecule has 0 N–H and O–H groups in total. The molecule has 1 aromatic heterocycles. The summed E-state index contributed by atoms with van der Waals surface area (Å²) in [6.45, 7) is 0.896. The molecule has 6 heteroatoms. The number of hydrogen-bond acceptors (Lipinski definition) is 5. The molecule has 6 nitrogen and oxygen atoms in total. The lowest BCUT2D eigenvalue weighted by Gasteiger charge is -2.28. The number of carbonyl (C=O) groups is 2. The van der Waals surface area contributed by atoms with E-state index in [4.69, 9.17) is 9.15 Å². The standard InChI is InChI=1S/C19H16N2O4/c22-17(21-9-8-13-4-1-2-5-14(13)10-21)11-24-19(23)15-6-3-7-16-18(15)20-12-25-16/h1-7,12H,8-11H2. The van der Waals surface area contributed by atoms with Crippen molar-refractivity contribution in [3.05, 3.63) is 65.5 Å². The molecule has 0 radical (unpaired) electrons.